The molecule has 0 amide bonds. The zero-order valence-corrected chi connectivity index (χ0v) is 12.0. The Labute approximate surface area is 107 Å². The summed E-state index contributed by atoms with van der Waals surface area (Å²) in [6.07, 6.45) is 8.31. The highest BCUT2D eigenvalue weighted by Crippen LogP contribution is 2.34. The van der Waals surface area contributed by atoms with Gasteiger partial charge in [-0.25, -0.2) is 0 Å². The Hall–Kier alpha value is -0.0800. The van der Waals surface area contributed by atoms with Gasteiger partial charge in [-0.15, -0.1) is 0 Å². The van der Waals surface area contributed by atoms with Crippen LogP contribution in [0.25, 0.3) is 0 Å². The highest BCUT2D eigenvalue weighted by molar-refractivity contribution is 4.92. The summed E-state index contributed by atoms with van der Waals surface area (Å²) in [7, 11) is 0. The minimum atomic E-state index is 0.515. The Bertz CT molecular complexity index is 227. The molecule has 0 spiro atoms. The molecule has 0 aromatic carbocycles. The Morgan fingerprint density at radius 1 is 1.06 bits per heavy atom. The second kappa shape index (κ2) is 5.71. The maximum absolute atomic E-state index is 3.76. The lowest BCUT2D eigenvalue weighted by Gasteiger charge is -2.37. The number of rotatable bonds is 9. The second-order valence-corrected chi connectivity index (χ2v) is 6.16. The van der Waals surface area contributed by atoms with Crippen molar-refractivity contribution >= 4 is 0 Å². The van der Waals surface area contributed by atoms with E-state index in [1.165, 1.54) is 58.2 Å². The number of hydrogen-bond acceptors (Lipinski definition) is 2. The molecule has 2 fully saturated rings. The first-order valence-electron chi connectivity index (χ1n) is 7.70. The SMILES string of the molecule is CCN(CC(CC)(CC)CNC1CC1)C1CC1. The quantitative estimate of drug-likeness (QED) is 0.664. The van der Waals surface area contributed by atoms with Gasteiger partial charge < -0.3 is 10.2 Å². The van der Waals surface area contributed by atoms with Crippen molar-refractivity contribution in [3.05, 3.63) is 0 Å². The molecular formula is C15H30N2. The van der Waals surface area contributed by atoms with Gasteiger partial charge in [0.1, 0.15) is 0 Å². The Balaban J connectivity index is 1.87. The number of nitrogens with one attached hydrogen (secondary N) is 1. The first-order chi connectivity index (χ1) is 8.23. The van der Waals surface area contributed by atoms with Crippen LogP contribution >= 0.6 is 0 Å². The molecule has 0 aromatic rings. The fraction of sp³-hybridized carbons (Fsp3) is 1.00. The predicted molar refractivity (Wildman–Crippen MR) is 74.3 cm³/mol. The van der Waals surface area contributed by atoms with Crippen molar-refractivity contribution in [1.29, 1.82) is 0 Å². The maximum atomic E-state index is 3.76. The van der Waals surface area contributed by atoms with E-state index in [9.17, 15) is 0 Å². The van der Waals surface area contributed by atoms with Crippen molar-refractivity contribution in [3.63, 3.8) is 0 Å². The van der Waals surface area contributed by atoms with Crippen LogP contribution in [0.2, 0.25) is 0 Å². The van der Waals surface area contributed by atoms with E-state index in [1.807, 2.05) is 0 Å². The first kappa shape index (κ1) is 13.4. The lowest BCUT2D eigenvalue weighted by Crippen LogP contribution is -2.44. The summed E-state index contributed by atoms with van der Waals surface area (Å²) in [5, 5.41) is 3.76. The van der Waals surface area contributed by atoms with E-state index in [0.717, 1.165) is 12.1 Å². The van der Waals surface area contributed by atoms with Crippen molar-refractivity contribution in [1.82, 2.24) is 10.2 Å². The zero-order valence-electron chi connectivity index (χ0n) is 12.0. The summed E-state index contributed by atoms with van der Waals surface area (Å²) in [6, 6.07) is 1.77. The van der Waals surface area contributed by atoms with Gasteiger partial charge in [-0.3, -0.25) is 0 Å². The molecule has 0 unspecified atom stereocenters. The van der Waals surface area contributed by atoms with Crippen molar-refractivity contribution < 1.29 is 0 Å². The standard InChI is InChI=1S/C15H30N2/c1-4-15(5-2,11-16-13-7-8-13)12-17(6-3)14-9-10-14/h13-14,16H,4-12H2,1-3H3. The molecule has 0 atom stereocenters. The third-order valence-corrected chi connectivity index (χ3v) is 4.85. The van der Waals surface area contributed by atoms with Gasteiger partial charge in [-0.1, -0.05) is 20.8 Å². The highest BCUT2D eigenvalue weighted by atomic mass is 15.2. The molecule has 0 bridgehead atoms. The third-order valence-electron chi connectivity index (χ3n) is 4.85. The van der Waals surface area contributed by atoms with Gasteiger partial charge in [0.05, 0.1) is 0 Å². The van der Waals surface area contributed by atoms with Crippen LogP contribution in [0, 0.1) is 5.41 Å². The van der Waals surface area contributed by atoms with Crippen LogP contribution in [-0.4, -0.2) is 36.6 Å². The second-order valence-electron chi connectivity index (χ2n) is 6.16. The first-order valence-corrected chi connectivity index (χ1v) is 7.70. The van der Waals surface area contributed by atoms with E-state index in [2.05, 4.69) is 31.0 Å². The Morgan fingerprint density at radius 3 is 2.12 bits per heavy atom. The van der Waals surface area contributed by atoms with Crippen LogP contribution in [0.15, 0.2) is 0 Å². The molecule has 0 radical (unpaired) electrons. The average Bonchev–Trinajstić information content (AvgIpc) is 3.22. The molecule has 17 heavy (non-hydrogen) atoms. The molecule has 1 N–H and O–H groups in total. The molecule has 2 aliphatic carbocycles. The molecular weight excluding hydrogens is 208 g/mol. The molecule has 2 saturated carbocycles. The number of nitrogens with zero attached hydrogens (tertiary/aromatic N) is 1. The molecule has 0 saturated heterocycles. The van der Waals surface area contributed by atoms with E-state index in [-0.39, 0.29) is 0 Å². The van der Waals surface area contributed by atoms with Gasteiger partial charge in [0.2, 0.25) is 0 Å². The normalized spacial score (nSPS) is 21.2. The summed E-state index contributed by atoms with van der Waals surface area (Å²) in [6.45, 7) is 10.8. The maximum Gasteiger partial charge on any atom is 0.00965 e. The Morgan fingerprint density at radius 2 is 1.71 bits per heavy atom. The number of hydrogen-bond donors (Lipinski definition) is 1. The van der Waals surface area contributed by atoms with Crippen molar-refractivity contribution in [3.8, 4) is 0 Å². The minimum absolute atomic E-state index is 0.515. The molecule has 2 aliphatic rings. The van der Waals surface area contributed by atoms with E-state index in [1.54, 1.807) is 0 Å². The summed E-state index contributed by atoms with van der Waals surface area (Å²) in [5.41, 5.74) is 0.515. The van der Waals surface area contributed by atoms with Crippen molar-refractivity contribution in [2.45, 2.75) is 71.4 Å². The topological polar surface area (TPSA) is 15.3 Å². The van der Waals surface area contributed by atoms with Gasteiger partial charge >= 0.3 is 0 Å². The summed E-state index contributed by atoms with van der Waals surface area (Å²) < 4.78 is 0. The fourth-order valence-electron chi connectivity index (χ4n) is 2.80. The van der Waals surface area contributed by atoms with Crippen LogP contribution in [0.4, 0.5) is 0 Å². The van der Waals surface area contributed by atoms with Crippen LogP contribution in [0.5, 0.6) is 0 Å². The molecule has 2 nitrogen and oxygen atoms in total. The van der Waals surface area contributed by atoms with Crippen LogP contribution in [0.1, 0.15) is 59.3 Å². The highest BCUT2D eigenvalue weighted by Gasteiger charge is 2.36. The van der Waals surface area contributed by atoms with Gasteiger partial charge in [-0.2, -0.15) is 0 Å². The fourth-order valence-corrected chi connectivity index (χ4v) is 2.80. The Kier molecular flexibility index (Phi) is 4.48. The van der Waals surface area contributed by atoms with Crippen molar-refractivity contribution in [2.24, 2.45) is 5.41 Å². The van der Waals surface area contributed by atoms with E-state index in [4.69, 9.17) is 0 Å². The van der Waals surface area contributed by atoms with Crippen LogP contribution < -0.4 is 5.32 Å². The zero-order chi connectivity index (χ0) is 12.3. The monoisotopic (exact) mass is 238 g/mol. The third kappa shape index (κ3) is 3.69. The van der Waals surface area contributed by atoms with Gasteiger partial charge in [-0.05, 0) is 50.5 Å². The summed E-state index contributed by atoms with van der Waals surface area (Å²) in [5.74, 6) is 0. The van der Waals surface area contributed by atoms with Crippen LogP contribution in [-0.2, 0) is 0 Å². The molecule has 0 aliphatic heterocycles. The summed E-state index contributed by atoms with van der Waals surface area (Å²) >= 11 is 0. The lowest BCUT2D eigenvalue weighted by atomic mass is 9.81. The molecule has 2 rings (SSSR count). The van der Waals surface area contributed by atoms with E-state index >= 15 is 0 Å². The largest absolute Gasteiger partial charge is 0.313 e. The average molecular weight is 238 g/mol. The van der Waals surface area contributed by atoms with Crippen molar-refractivity contribution in [2.75, 3.05) is 19.6 Å². The van der Waals surface area contributed by atoms with Gasteiger partial charge in [0, 0.05) is 25.2 Å². The summed E-state index contributed by atoms with van der Waals surface area (Å²) in [4.78, 5) is 2.72. The molecule has 0 heterocycles. The lowest BCUT2D eigenvalue weighted by molar-refractivity contribution is 0.132. The molecule has 2 heteroatoms. The van der Waals surface area contributed by atoms with Gasteiger partial charge in [0.15, 0.2) is 0 Å². The smallest absolute Gasteiger partial charge is 0.00965 e. The predicted octanol–water partition coefficient (Wildman–Crippen LogP) is 3.03. The molecule has 0 aromatic heterocycles. The molecule has 100 valence electrons. The van der Waals surface area contributed by atoms with Gasteiger partial charge in [0.25, 0.3) is 0 Å². The van der Waals surface area contributed by atoms with Crippen LogP contribution in [0.3, 0.4) is 0 Å². The van der Waals surface area contributed by atoms with E-state index in [0.29, 0.717) is 5.41 Å². The van der Waals surface area contributed by atoms with E-state index < -0.39 is 0 Å². The minimum Gasteiger partial charge on any atom is -0.313 e.